The van der Waals surface area contributed by atoms with Gasteiger partial charge in [0.1, 0.15) is 0 Å². The van der Waals surface area contributed by atoms with Crippen molar-refractivity contribution in [2.45, 2.75) is 13.3 Å². The van der Waals surface area contributed by atoms with Crippen LogP contribution >= 0.6 is 0 Å². The van der Waals surface area contributed by atoms with E-state index in [4.69, 9.17) is 10.5 Å². The molecule has 2 aromatic rings. The molecule has 0 fully saturated rings. The fraction of sp³-hybridized carbons (Fsp3) is 0.231. The van der Waals surface area contributed by atoms with Gasteiger partial charge in [-0.05, 0) is 24.6 Å². The lowest BCUT2D eigenvalue weighted by Gasteiger charge is -2.04. The van der Waals surface area contributed by atoms with E-state index in [1.165, 1.54) is 0 Å². The highest BCUT2D eigenvalue weighted by Gasteiger charge is 2.01. The maximum absolute atomic E-state index is 5.72. The number of anilines is 1. The first kappa shape index (κ1) is 11.4. The molecule has 4 heteroatoms. The largest absolute Gasteiger partial charge is 0.477 e. The van der Waals surface area contributed by atoms with Crippen molar-refractivity contribution in [2.75, 3.05) is 12.3 Å². The maximum atomic E-state index is 5.72. The minimum atomic E-state index is 0.555. The molecule has 0 unspecified atom stereocenters. The molecule has 0 aliphatic heterocycles. The normalized spacial score (nSPS) is 10.2. The van der Waals surface area contributed by atoms with Crippen molar-refractivity contribution in [1.82, 2.24) is 10.2 Å². The Morgan fingerprint density at radius 2 is 2.06 bits per heavy atom. The molecule has 17 heavy (non-hydrogen) atoms. The van der Waals surface area contributed by atoms with Gasteiger partial charge in [0.25, 0.3) is 0 Å². The molecule has 4 nitrogen and oxygen atoms in total. The van der Waals surface area contributed by atoms with Crippen molar-refractivity contribution in [2.24, 2.45) is 0 Å². The number of nitrogens with zero attached hydrogens (tertiary/aromatic N) is 2. The number of hydrogen-bond donors (Lipinski definition) is 1. The van der Waals surface area contributed by atoms with E-state index in [-0.39, 0.29) is 0 Å². The van der Waals surface area contributed by atoms with Crippen LogP contribution in [0.25, 0.3) is 11.3 Å². The summed E-state index contributed by atoms with van der Waals surface area (Å²) in [6, 6.07) is 11.3. The number of benzene rings is 1. The summed E-state index contributed by atoms with van der Waals surface area (Å²) in [7, 11) is 0. The molecule has 0 amide bonds. The zero-order chi connectivity index (χ0) is 12.1. The Balaban J connectivity index is 2.17. The number of rotatable bonds is 4. The third-order valence-corrected chi connectivity index (χ3v) is 2.28. The second kappa shape index (κ2) is 5.30. The smallest absolute Gasteiger partial charge is 0.233 e. The monoisotopic (exact) mass is 229 g/mol. The summed E-state index contributed by atoms with van der Waals surface area (Å²) >= 11 is 0. The molecule has 0 bridgehead atoms. The Labute approximate surface area is 100 Å². The number of ether oxygens (including phenoxy) is 1. The van der Waals surface area contributed by atoms with Crippen LogP contribution in [0.1, 0.15) is 13.3 Å². The fourth-order valence-corrected chi connectivity index (χ4v) is 1.46. The molecule has 0 radical (unpaired) electrons. The molecule has 1 heterocycles. The second-order valence-electron chi connectivity index (χ2n) is 3.73. The second-order valence-corrected chi connectivity index (χ2v) is 3.73. The lowest BCUT2D eigenvalue weighted by atomic mass is 10.1. The van der Waals surface area contributed by atoms with Crippen molar-refractivity contribution < 1.29 is 4.74 Å². The molecule has 1 aromatic carbocycles. The SMILES string of the molecule is CCCOc1ccc(-c2cccc(N)c2)nn1. The number of hydrogen-bond acceptors (Lipinski definition) is 4. The summed E-state index contributed by atoms with van der Waals surface area (Å²) in [4.78, 5) is 0. The van der Waals surface area contributed by atoms with Crippen LogP contribution in [0.2, 0.25) is 0 Å². The van der Waals surface area contributed by atoms with E-state index >= 15 is 0 Å². The predicted octanol–water partition coefficient (Wildman–Crippen LogP) is 2.51. The highest BCUT2D eigenvalue weighted by molar-refractivity contribution is 5.63. The summed E-state index contributed by atoms with van der Waals surface area (Å²) in [5.41, 5.74) is 8.19. The minimum Gasteiger partial charge on any atom is -0.477 e. The van der Waals surface area contributed by atoms with Gasteiger partial charge in [-0.3, -0.25) is 0 Å². The highest BCUT2D eigenvalue weighted by Crippen LogP contribution is 2.19. The molecule has 0 saturated carbocycles. The summed E-state index contributed by atoms with van der Waals surface area (Å²) in [6.07, 6.45) is 0.957. The van der Waals surface area contributed by atoms with Gasteiger partial charge in [0.2, 0.25) is 5.88 Å². The van der Waals surface area contributed by atoms with E-state index in [1.807, 2.05) is 36.4 Å². The lowest BCUT2D eigenvalue weighted by Crippen LogP contribution is -1.99. The third kappa shape index (κ3) is 2.93. The molecule has 0 spiro atoms. The summed E-state index contributed by atoms with van der Waals surface area (Å²) in [6.45, 7) is 2.71. The summed E-state index contributed by atoms with van der Waals surface area (Å²) < 4.78 is 5.37. The molecular weight excluding hydrogens is 214 g/mol. The van der Waals surface area contributed by atoms with Gasteiger partial charge in [-0.2, -0.15) is 0 Å². The Hall–Kier alpha value is -2.10. The molecule has 0 aliphatic rings. The first-order valence-corrected chi connectivity index (χ1v) is 5.62. The quantitative estimate of drug-likeness (QED) is 0.818. The van der Waals surface area contributed by atoms with E-state index in [0.717, 1.165) is 23.4 Å². The topological polar surface area (TPSA) is 61.0 Å². The van der Waals surface area contributed by atoms with Gasteiger partial charge in [-0.25, -0.2) is 0 Å². The molecule has 2 N–H and O–H groups in total. The average molecular weight is 229 g/mol. The van der Waals surface area contributed by atoms with Gasteiger partial charge in [-0.1, -0.05) is 19.1 Å². The van der Waals surface area contributed by atoms with Crippen LogP contribution in [0.3, 0.4) is 0 Å². The number of aromatic nitrogens is 2. The van der Waals surface area contributed by atoms with Crippen LogP contribution < -0.4 is 10.5 Å². The minimum absolute atomic E-state index is 0.555. The van der Waals surface area contributed by atoms with Crippen LogP contribution in [0.15, 0.2) is 36.4 Å². The van der Waals surface area contributed by atoms with E-state index in [9.17, 15) is 0 Å². The number of nitrogens with two attached hydrogens (primary N) is 1. The highest BCUT2D eigenvalue weighted by atomic mass is 16.5. The summed E-state index contributed by atoms with van der Waals surface area (Å²) in [5.74, 6) is 0.555. The Kier molecular flexibility index (Phi) is 3.55. The van der Waals surface area contributed by atoms with Gasteiger partial charge < -0.3 is 10.5 Å². The van der Waals surface area contributed by atoms with Crippen molar-refractivity contribution in [1.29, 1.82) is 0 Å². The van der Waals surface area contributed by atoms with Gasteiger partial charge >= 0.3 is 0 Å². The fourth-order valence-electron chi connectivity index (χ4n) is 1.46. The van der Waals surface area contributed by atoms with Crippen LogP contribution in [0.5, 0.6) is 5.88 Å². The van der Waals surface area contributed by atoms with Crippen molar-refractivity contribution >= 4 is 5.69 Å². The molecule has 0 aliphatic carbocycles. The zero-order valence-corrected chi connectivity index (χ0v) is 9.76. The summed E-state index contributed by atoms with van der Waals surface area (Å²) in [5, 5.41) is 8.12. The lowest BCUT2D eigenvalue weighted by molar-refractivity contribution is 0.302. The Bertz CT molecular complexity index is 482. The standard InChI is InChI=1S/C13H15N3O/c1-2-8-17-13-7-6-12(15-16-13)10-4-3-5-11(14)9-10/h3-7,9H,2,8,14H2,1H3. The van der Waals surface area contributed by atoms with Crippen LogP contribution in [0, 0.1) is 0 Å². The van der Waals surface area contributed by atoms with Crippen LogP contribution in [-0.2, 0) is 0 Å². The van der Waals surface area contributed by atoms with E-state index < -0.39 is 0 Å². The average Bonchev–Trinajstić information content (AvgIpc) is 2.37. The Morgan fingerprint density at radius 1 is 1.18 bits per heavy atom. The Morgan fingerprint density at radius 3 is 2.71 bits per heavy atom. The van der Waals surface area contributed by atoms with E-state index in [0.29, 0.717) is 12.5 Å². The first-order valence-electron chi connectivity index (χ1n) is 5.62. The first-order chi connectivity index (χ1) is 8.29. The predicted molar refractivity (Wildman–Crippen MR) is 67.7 cm³/mol. The third-order valence-electron chi connectivity index (χ3n) is 2.28. The van der Waals surface area contributed by atoms with Crippen molar-refractivity contribution in [3.63, 3.8) is 0 Å². The van der Waals surface area contributed by atoms with Crippen LogP contribution in [-0.4, -0.2) is 16.8 Å². The van der Waals surface area contributed by atoms with E-state index in [2.05, 4.69) is 17.1 Å². The molecule has 1 aromatic heterocycles. The van der Waals surface area contributed by atoms with Crippen LogP contribution in [0.4, 0.5) is 5.69 Å². The molecule has 0 saturated heterocycles. The zero-order valence-electron chi connectivity index (χ0n) is 9.76. The van der Waals surface area contributed by atoms with Gasteiger partial charge in [0.05, 0.1) is 12.3 Å². The molecule has 88 valence electrons. The molecule has 0 atom stereocenters. The van der Waals surface area contributed by atoms with Gasteiger partial charge in [0.15, 0.2) is 0 Å². The van der Waals surface area contributed by atoms with Crippen molar-refractivity contribution in [3.05, 3.63) is 36.4 Å². The molecule has 2 rings (SSSR count). The van der Waals surface area contributed by atoms with Gasteiger partial charge in [-0.15, -0.1) is 10.2 Å². The van der Waals surface area contributed by atoms with Gasteiger partial charge in [0, 0.05) is 17.3 Å². The maximum Gasteiger partial charge on any atom is 0.233 e. The molecular formula is C13H15N3O. The van der Waals surface area contributed by atoms with E-state index in [1.54, 1.807) is 0 Å². The van der Waals surface area contributed by atoms with Crippen molar-refractivity contribution in [3.8, 4) is 17.1 Å². The number of nitrogen functional groups attached to an aromatic ring is 1.